The molecule has 0 atom stereocenters. The van der Waals surface area contributed by atoms with E-state index in [2.05, 4.69) is 13.5 Å². The fourth-order valence-electron chi connectivity index (χ4n) is 1.28. The minimum Gasteiger partial charge on any atom is -0.330 e. The van der Waals surface area contributed by atoms with Crippen LogP contribution in [0.3, 0.4) is 0 Å². The maximum Gasteiger partial charge on any atom is 0.126 e. The summed E-state index contributed by atoms with van der Waals surface area (Å²) in [5, 5.41) is 0. The van der Waals surface area contributed by atoms with Crippen LogP contribution in [-0.2, 0) is 9.59 Å². The third-order valence-corrected chi connectivity index (χ3v) is 2.06. The van der Waals surface area contributed by atoms with Crippen molar-refractivity contribution in [2.24, 2.45) is 5.73 Å². The second-order valence-electron chi connectivity index (χ2n) is 5.49. The summed E-state index contributed by atoms with van der Waals surface area (Å²) in [5.41, 5.74) is 5.39. The molecule has 0 rings (SSSR count). The topological polar surface area (TPSA) is 60.2 Å². The van der Waals surface area contributed by atoms with Gasteiger partial charge >= 0.3 is 0 Å². The molecule has 134 valence electrons. The molecular weight excluding hydrogens is 274 g/mol. The van der Waals surface area contributed by atoms with E-state index in [0.717, 1.165) is 6.54 Å². The predicted molar refractivity (Wildman–Crippen MR) is 100 cm³/mol. The summed E-state index contributed by atoms with van der Waals surface area (Å²) < 4.78 is 0. The molecule has 0 fully saturated rings. The minimum absolute atomic E-state index is 0.167. The Labute approximate surface area is 139 Å². The van der Waals surface area contributed by atoms with Gasteiger partial charge in [0.15, 0.2) is 0 Å². The van der Waals surface area contributed by atoms with Crippen LogP contribution in [0, 0.1) is 0 Å². The standard InChI is InChI=1S/C10H23N.2C3H6O.C3H6/c1-2-3-4-5-6-7-8-9-10-11;2*1-3(2)4;1-3-2/h2-11H2,1H3;2*1-2H3;3H,1H2,2H3. The molecule has 3 heteroatoms. The van der Waals surface area contributed by atoms with E-state index in [-0.39, 0.29) is 11.6 Å². The molecule has 0 aliphatic carbocycles. The molecule has 22 heavy (non-hydrogen) atoms. The molecule has 0 aliphatic rings. The van der Waals surface area contributed by atoms with Gasteiger partial charge in [0.25, 0.3) is 0 Å². The molecule has 0 aromatic heterocycles. The number of allylic oxidation sites excluding steroid dienone is 1. The van der Waals surface area contributed by atoms with Gasteiger partial charge in [0.1, 0.15) is 11.6 Å². The van der Waals surface area contributed by atoms with E-state index in [1.165, 1.54) is 79.1 Å². The van der Waals surface area contributed by atoms with Gasteiger partial charge < -0.3 is 15.3 Å². The van der Waals surface area contributed by atoms with Crippen molar-refractivity contribution in [1.82, 2.24) is 0 Å². The molecular formula is C19H41NO2. The van der Waals surface area contributed by atoms with Crippen LogP contribution in [-0.4, -0.2) is 18.1 Å². The summed E-state index contributed by atoms with van der Waals surface area (Å²) in [7, 11) is 0. The Hall–Kier alpha value is -0.960. The van der Waals surface area contributed by atoms with Gasteiger partial charge in [-0.15, -0.1) is 6.58 Å². The first kappa shape index (κ1) is 29.1. The van der Waals surface area contributed by atoms with Crippen molar-refractivity contribution in [3.63, 3.8) is 0 Å². The van der Waals surface area contributed by atoms with Crippen LogP contribution in [0.25, 0.3) is 0 Å². The van der Waals surface area contributed by atoms with E-state index in [1.807, 2.05) is 6.92 Å². The van der Waals surface area contributed by atoms with Gasteiger partial charge in [-0.25, -0.2) is 0 Å². The number of nitrogens with two attached hydrogens (primary N) is 1. The van der Waals surface area contributed by atoms with Crippen molar-refractivity contribution in [1.29, 1.82) is 0 Å². The van der Waals surface area contributed by atoms with Crippen LogP contribution in [0.5, 0.6) is 0 Å². The van der Waals surface area contributed by atoms with Crippen LogP contribution >= 0.6 is 0 Å². The smallest absolute Gasteiger partial charge is 0.126 e. The maximum absolute atomic E-state index is 9.44. The largest absolute Gasteiger partial charge is 0.330 e. The van der Waals surface area contributed by atoms with Gasteiger partial charge in [0.05, 0.1) is 0 Å². The summed E-state index contributed by atoms with van der Waals surface area (Å²) in [6.45, 7) is 14.5. The summed E-state index contributed by atoms with van der Waals surface area (Å²) in [6, 6.07) is 0. The zero-order valence-electron chi connectivity index (χ0n) is 16.0. The summed E-state index contributed by atoms with van der Waals surface area (Å²) in [5.74, 6) is 0.333. The first-order valence-electron chi connectivity index (χ1n) is 8.51. The predicted octanol–water partition coefficient (Wildman–Crippen LogP) is 5.47. The summed E-state index contributed by atoms with van der Waals surface area (Å²) in [6.07, 6.45) is 12.7. The molecule has 0 spiro atoms. The average molecular weight is 316 g/mol. The highest BCUT2D eigenvalue weighted by molar-refractivity contribution is 5.72. The molecule has 0 bridgehead atoms. The van der Waals surface area contributed by atoms with Crippen LogP contribution in [0.2, 0.25) is 0 Å². The molecule has 0 saturated carbocycles. The molecule has 0 saturated heterocycles. The highest BCUT2D eigenvalue weighted by Gasteiger charge is 1.89. The third-order valence-electron chi connectivity index (χ3n) is 2.06. The molecule has 0 aromatic rings. The molecule has 0 aliphatic heterocycles. The monoisotopic (exact) mass is 315 g/mol. The number of rotatable bonds is 8. The van der Waals surface area contributed by atoms with Gasteiger partial charge in [-0.2, -0.15) is 0 Å². The van der Waals surface area contributed by atoms with Crippen LogP contribution in [0.1, 0.15) is 92.9 Å². The Kier molecular flexibility index (Phi) is 42.5. The lowest BCUT2D eigenvalue weighted by molar-refractivity contribution is -0.115. The SMILES string of the molecule is C=CC.CC(C)=O.CC(C)=O.CCCCCCCCCCN. The van der Waals surface area contributed by atoms with Crippen molar-refractivity contribution in [3.05, 3.63) is 12.7 Å². The van der Waals surface area contributed by atoms with Crippen LogP contribution in [0.4, 0.5) is 0 Å². The highest BCUT2D eigenvalue weighted by atomic mass is 16.1. The molecule has 0 heterocycles. The molecule has 0 radical (unpaired) electrons. The Balaban J connectivity index is -0.000000121. The number of hydrogen-bond acceptors (Lipinski definition) is 3. The zero-order chi connectivity index (χ0) is 18.2. The number of Topliss-reactive ketones (excluding diaryl/α,β-unsaturated/α-hetero) is 2. The Morgan fingerprint density at radius 3 is 1.27 bits per heavy atom. The zero-order valence-corrected chi connectivity index (χ0v) is 16.0. The van der Waals surface area contributed by atoms with Crippen molar-refractivity contribution in [2.45, 2.75) is 92.9 Å². The van der Waals surface area contributed by atoms with Crippen molar-refractivity contribution < 1.29 is 9.59 Å². The van der Waals surface area contributed by atoms with Gasteiger partial charge in [-0.3, -0.25) is 0 Å². The highest BCUT2D eigenvalue weighted by Crippen LogP contribution is 2.07. The fourth-order valence-corrected chi connectivity index (χ4v) is 1.28. The van der Waals surface area contributed by atoms with Crippen LogP contribution < -0.4 is 5.73 Å². The molecule has 0 unspecified atom stereocenters. The van der Waals surface area contributed by atoms with Gasteiger partial charge in [-0.05, 0) is 47.6 Å². The first-order valence-corrected chi connectivity index (χ1v) is 8.51. The van der Waals surface area contributed by atoms with E-state index in [4.69, 9.17) is 5.73 Å². The Morgan fingerprint density at radius 1 is 0.818 bits per heavy atom. The Bertz CT molecular complexity index is 197. The fraction of sp³-hybridized carbons (Fsp3) is 0.789. The maximum atomic E-state index is 9.44. The number of unbranched alkanes of at least 4 members (excludes halogenated alkanes) is 7. The summed E-state index contributed by atoms with van der Waals surface area (Å²) >= 11 is 0. The quantitative estimate of drug-likeness (QED) is 0.477. The second kappa shape index (κ2) is 32.1. The number of carbonyl (C=O) groups excluding carboxylic acids is 2. The number of ketones is 2. The minimum atomic E-state index is 0.167. The molecule has 0 amide bonds. The summed E-state index contributed by atoms with van der Waals surface area (Å²) in [4.78, 5) is 18.9. The molecule has 2 N–H and O–H groups in total. The average Bonchev–Trinajstić information content (AvgIpc) is 2.37. The molecule has 0 aromatic carbocycles. The second-order valence-corrected chi connectivity index (χ2v) is 5.49. The van der Waals surface area contributed by atoms with E-state index in [0.29, 0.717) is 0 Å². The van der Waals surface area contributed by atoms with Crippen LogP contribution in [0.15, 0.2) is 12.7 Å². The number of hydrogen-bond donors (Lipinski definition) is 1. The lowest BCUT2D eigenvalue weighted by atomic mass is 10.1. The first-order chi connectivity index (χ1) is 10.3. The van der Waals surface area contributed by atoms with E-state index < -0.39 is 0 Å². The lowest BCUT2D eigenvalue weighted by Gasteiger charge is -1.99. The van der Waals surface area contributed by atoms with Crippen molar-refractivity contribution >= 4 is 11.6 Å². The van der Waals surface area contributed by atoms with Gasteiger partial charge in [-0.1, -0.05) is 57.9 Å². The van der Waals surface area contributed by atoms with Crippen molar-refractivity contribution in [3.8, 4) is 0 Å². The van der Waals surface area contributed by atoms with E-state index in [1.54, 1.807) is 6.08 Å². The number of carbonyl (C=O) groups is 2. The lowest BCUT2D eigenvalue weighted by Crippen LogP contribution is -1.97. The van der Waals surface area contributed by atoms with Gasteiger partial charge in [0, 0.05) is 0 Å². The Morgan fingerprint density at radius 2 is 1.05 bits per heavy atom. The van der Waals surface area contributed by atoms with Gasteiger partial charge in [0.2, 0.25) is 0 Å². The molecule has 3 nitrogen and oxygen atoms in total. The normalized spacial score (nSPS) is 8.14. The van der Waals surface area contributed by atoms with E-state index >= 15 is 0 Å². The van der Waals surface area contributed by atoms with Crippen molar-refractivity contribution in [2.75, 3.05) is 6.54 Å². The van der Waals surface area contributed by atoms with E-state index in [9.17, 15) is 9.59 Å². The third kappa shape index (κ3) is 125.